The number of hydrogen-bond donors (Lipinski definition) is 0. The molecule has 3 unspecified atom stereocenters. The van der Waals surface area contributed by atoms with Crippen LogP contribution in [-0.2, 0) is 4.74 Å². The monoisotopic (exact) mass is 278 g/mol. The topological polar surface area (TPSA) is 9.23 Å². The van der Waals surface area contributed by atoms with Crippen molar-refractivity contribution in [3.05, 3.63) is 24.3 Å². The SMILES string of the molecule is CC12O[C@H]3[C@@H]4[C@@H]5[C@H]6C7C=C[C@@H]8C([C@H]6[C@@H]5[C@@H](C[C@@H]41)[C@@H]32)[C@@H]8C=C7. The van der Waals surface area contributed by atoms with Crippen molar-refractivity contribution < 1.29 is 4.74 Å². The van der Waals surface area contributed by atoms with Gasteiger partial charge in [0.15, 0.2) is 0 Å². The highest BCUT2D eigenvalue weighted by Crippen LogP contribution is 2.84. The highest BCUT2D eigenvalue weighted by molar-refractivity contribution is 5.37. The van der Waals surface area contributed by atoms with Gasteiger partial charge in [-0.15, -0.1) is 0 Å². The Hall–Kier alpha value is -0.560. The fourth-order valence-corrected chi connectivity index (χ4v) is 9.58. The average molecular weight is 278 g/mol. The van der Waals surface area contributed by atoms with Gasteiger partial charge in [0.1, 0.15) is 0 Å². The summed E-state index contributed by atoms with van der Waals surface area (Å²) in [7, 11) is 0. The van der Waals surface area contributed by atoms with E-state index in [2.05, 4.69) is 31.2 Å². The summed E-state index contributed by atoms with van der Waals surface area (Å²) < 4.78 is 6.40. The molecule has 108 valence electrons. The van der Waals surface area contributed by atoms with E-state index in [0.29, 0.717) is 11.7 Å². The second-order valence-corrected chi connectivity index (χ2v) is 9.76. The van der Waals surface area contributed by atoms with E-state index in [0.717, 1.165) is 71.0 Å². The number of allylic oxidation sites excluding steroid dienone is 4. The maximum absolute atomic E-state index is 6.40. The molecule has 6 fully saturated rings. The van der Waals surface area contributed by atoms with Crippen LogP contribution >= 0.6 is 0 Å². The first-order chi connectivity index (χ1) is 10.3. The maximum Gasteiger partial charge on any atom is 0.0746 e. The zero-order valence-electron chi connectivity index (χ0n) is 12.4. The van der Waals surface area contributed by atoms with Crippen molar-refractivity contribution in [1.29, 1.82) is 0 Å². The molecule has 1 nitrogen and oxygen atoms in total. The summed E-state index contributed by atoms with van der Waals surface area (Å²) in [4.78, 5) is 0. The van der Waals surface area contributed by atoms with E-state index in [4.69, 9.17) is 4.74 Å². The molecule has 0 aromatic carbocycles. The van der Waals surface area contributed by atoms with Crippen molar-refractivity contribution in [2.75, 3.05) is 0 Å². The lowest BCUT2D eigenvalue weighted by Gasteiger charge is -2.67. The Morgan fingerprint density at radius 1 is 0.857 bits per heavy atom. The van der Waals surface area contributed by atoms with E-state index < -0.39 is 0 Å². The quantitative estimate of drug-likeness (QED) is 0.619. The summed E-state index contributed by atoms with van der Waals surface area (Å²) in [6.07, 6.45) is 12.6. The van der Waals surface area contributed by atoms with E-state index in [-0.39, 0.29) is 0 Å². The Bertz CT molecular complexity index is 643. The molecule has 1 heterocycles. The van der Waals surface area contributed by atoms with E-state index in [9.17, 15) is 0 Å². The first-order valence-corrected chi connectivity index (χ1v) is 9.33. The van der Waals surface area contributed by atoms with Crippen LogP contribution in [0.25, 0.3) is 0 Å². The first-order valence-electron chi connectivity index (χ1n) is 9.33. The third kappa shape index (κ3) is 0.756. The zero-order valence-corrected chi connectivity index (χ0v) is 12.4. The fourth-order valence-electron chi connectivity index (χ4n) is 9.58. The summed E-state index contributed by atoms with van der Waals surface area (Å²) >= 11 is 0. The Morgan fingerprint density at radius 3 is 2.38 bits per heavy atom. The van der Waals surface area contributed by atoms with Gasteiger partial charge in [0.2, 0.25) is 0 Å². The highest BCUT2D eigenvalue weighted by Gasteiger charge is 2.85. The van der Waals surface area contributed by atoms with E-state index in [1.54, 1.807) is 0 Å². The van der Waals surface area contributed by atoms with Crippen LogP contribution in [0.15, 0.2) is 24.3 Å². The predicted molar refractivity (Wildman–Crippen MR) is 78.1 cm³/mol. The van der Waals surface area contributed by atoms with Crippen molar-refractivity contribution in [3.8, 4) is 0 Å². The molecule has 1 saturated heterocycles. The Balaban J connectivity index is 1.32. The molecule has 14 atom stereocenters. The summed E-state index contributed by atoms with van der Waals surface area (Å²) in [6.45, 7) is 2.46. The van der Waals surface area contributed by atoms with Gasteiger partial charge >= 0.3 is 0 Å². The van der Waals surface area contributed by atoms with Gasteiger partial charge in [0.25, 0.3) is 0 Å². The van der Waals surface area contributed by atoms with E-state index in [1.165, 1.54) is 6.42 Å². The lowest BCUT2D eigenvalue weighted by molar-refractivity contribution is -0.276. The van der Waals surface area contributed by atoms with E-state index in [1.807, 2.05) is 0 Å². The van der Waals surface area contributed by atoms with Gasteiger partial charge in [-0.3, -0.25) is 0 Å². The molecule has 9 aliphatic rings. The molecule has 21 heavy (non-hydrogen) atoms. The Morgan fingerprint density at radius 2 is 1.62 bits per heavy atom. The summed E-state index contributed by atoms with van der Waals surface area (Å²) in [6, 6.07) is 0. The summed E-state index contributed by atoms with van der Waals surface area (Å²) in [5.74, 6) is 11.8. The van der Waals surface area contributed by atoms with Gasteiger partial charge in [0.05, 0.1) is 11.7 Å². The second-order valence-electron chi connectivity index (χ2n) is 9.76. The standard InChI is InChI=1S/C20H22O/c1-20-11-6-10-14-16-12(17(14)15(11)19(21-20)18(10)20)7-2-4-8-9(5-3-7)13(8)16/h2-5,7-19H,6H2,1H3/t7?,8-,9+,10-,11+,12+,13?,14+,15+,16+,17-,18+,19+,20?/m1/s1. The molecule has 0 N–H and O–H groups in total. The molecule has 9 rings (SSSR count). The molecule has 0 aromatic heterocycles. The normalized spacial score (nSPS) is 81.5. The molecule has 8 aliphatic carbocycles. The van der Waals surface area contributed by atoms with Crippen LogP contribution in [0.1, 0.15) is 13.3 Å². The highest BCUT2D eigenvalue weighted by atomic mass is 16.5. The summed E-state index contributed by atoms with van der Waals surface area (Å²) in [5, 5.41) is 0. The van der Waals surface area contributed by atoms with Gasteiger partial charge in [-0.2, -0.15) is 0 Å². The molecule has 9 bridgehead atoms. The van der Waals surface area contributed by atoms with Crippen molar-refractivity contribution in [1.82, 2.24) is 0 Å². The molecule has 1 aliphatic heterocycles. The van der Waals surface area contributed by atoms with Gasteiger partial charge in [-0.25, -0.2) is 0 Å². The van der Waals surface area contributed by atoms with Gasteiger partial charge in [0, 0.05) is 5.92 Å². The molecular formula is C20H22O. The smallest absolute Gasteiger partial charge is 0.0746 e. The van der Waals surface area contributed by atoms with Gasteiger partial charge in [-0.05, 0) is 78.4 Å². The molecule has 5 saturated carbocycles. The number of rotatable bonds is 0. The first kappa shape index (κ1) is 10.3. The van der Waals surface area contributed by atoms with Gasteiger partial charge in [-0.1, -0.05) is 24.3 Å². The van der Waals surface area contributed by atoms with Crippen LogP contribution < -0.4 is 0 Å². The number of fused-ring (bicyclic) bond motifs is 4. The minimum Gasteiger partial charge on any atom is -0.371 e. The number of hydrogen-bond acceptors (Lipinski definition) is 1. The van der Waals surface area contributed by atoms with Crippen molar-refractivity contribution in [2.45, 2.75) is 25.0 Å². The van der Waals surface area contributed by atoms with E-state index >= 15 is 0 Å². The predicted octanol–water partition coefficient (Wildman–Crippen LogP) is 3.14. The van der Waals surface area contributed by atoms with Crippen LogP contribution in [0.5, 0.6) is 0 Å². The average Bonchev–Trinajstić information content (AvgIpc) is 3.01. The second kappa shape index (κ2) is 2.60. The molecule has 0 amide bonds. The van der Waals surface area contributed by atoms with Crippen molar-refractivity contribution in [2.24, 2.45) is 71.0 Å². The minimum absolute atomic E-state index is 0.324. The molecule has 0 aromatic rings. The Labute approximate surface area is 125 Å². The van der Waals surface area contributed by atoms with Crippen molar-refractivity contribution >= 4 is 0 Å². The lowest BCUT2D eigenvalue weighted by Crippen LogP contribution is -2.67. The van der Waals surface area contributed by atoms with Crippen LogP contribution in [0.2, 0.25) is 0 Å². The van der Waals surface area contributed by atoms with Gasteiger partial charge < -0.3 is 4.74 Å². The molecule has 0 spiro atoms. The maximum atomic E-state index is 6.40. The van der Waals surface area contributed by atoms with Crippen LogP contribution in [-0.4, -0.2) is 11.7 Å². The molecular weight excluding hydrogens is 256 g/mol. The third-order valence-corrected chi connectivity index (χ3v) is 9.88. The fraction of sp³-hybridized carbons (Fsp3) is 0.800. The van der Waals surface area contributed by atoms with Crippen LogP contribution in [0.3, 0.4) is 0 Å². The minimum atomic E-state index is 0.324. The third-order valence-electron chi connectivity index (χ3n) is 9.88. The molecule has 1 heteroatoms. The summed E-state index contributed by atoms with van der Waals surface area (Å²) in [5.41, 5.74) is 0.324. The van der Waals surface area contributed by atoms with Crippen LogP contribution in [0.4, 0.5) is 0 Å². The number of ether oxygens (including phenoxy) is 1. The largest absolute Gasteiger partial charge is 0.371 e. The lowest BCUT2D eigenvalue weighted by atomic mass is 9.38. The zero-order chi connectivity index (χ0) is 13.2. The van der Waals surface area contributed by atoms with Crippen LogP contribution in [0, 0.1) is 71.0 Å². The Kier molecular flexibility index (Phi) is 1.27. The molecule has 0 radical (unpaired) electrons. The van der Waals surface area contributed by atoms with Crippen molar-refractivity contribution in [3.63, 3.8) is 0 Å².